The van der Waals surface area contributed by atoms with Crippen molar-refractivity contribution in [1.82, 2.24) is 24.2 Å². The lowest BCUT2D eigenvalue weighted by Gasteiger charge is -2.38. The molecule has 1 aliphatic heterocycles. The van der Waals surface area contributed by atoms with Crippen LogP contribution in [-0.4, -0.2) is 95.0 Å². The van der Waals surface area contributed by atoms with Crippen molar-refractivity contribution in [1.29, 1.82) is 5.26 Å². The van der Waals surface area contributed by atoms with E-state index in [1.165, 1.54) is 6.33 Å². The van der Waals surface area contributed by atoms with E-state index >= 15 is 0 Å². The number of amides is 1. The average molecular weight is 870 g/mol. The van der Waals surface area contributed by atoms with Crippen molar-refractivity contribution >= 4 is 31.5 Å². The molecule has 1 unspecified atom stereocenters. The number of hydrogen-bond donors (Lipinski definition) is 2. The SMILES string of the molecule is COc1ccc(C(OC[C@H]2O[C@@H](n3cnc4c(=O)[nH]c(NC(=O)C(C)C)nc43)[C@H](OP(OCCC#N)N(C(C)C)C(C)C)[C@@H]2OC)(c2ccccc2)c2ccc(OC)cc2)cc1. The first-order valence-corrected chi connectivity index (χ1v) is 21.7. The summed E-state index contributed by atoms with van der Waals surface area (Å²) in [5.74, 6) is 0.630. The molecule has 17 heteroatoms. The van der Waals surface area contributed by atoms with Gasteiger partial charge in [-0.05, 0) is 68.7 Å². The van der Waals surface area contributed by atoms with Gasteiger partial charge in [-0.25, -0.2) is 9.65 Å². The third kappa shape index (κ3) is 9.85. The number of nitrogens with one attached hydrogen (secondary N) is 2. The molecular formula is C45H56N7O9P. The number of H-pyrrole nitrogens is 1. The highest BCUT2D eigenvalue weighted by Gasteiger charge is 2.51. The van der Waals surface area contributed by atoms with E-state index in [2.05, 4.69) is 31.0 Å². The van der Waals surface area contributed by atoms with Gasteiger partial charge >= 0.3 is 0 Å². The normalized spacial score (nSPS) is 18.5. The third-order valence-electron chi connectivity index (χ3n) is 10.5. The number of nitrogens with zero attached hydrogens (tertiary/aromatic N) is 5. The first-order valence-electron chi connectivity index (χ1n) is 20.6. The minimum absolute atomic E-state index is 0.00833. The minimum Gasteiger partial charge on any atom is -0.497 e. The maximum absolute atomic E-state index is 13.4. The summed E-state index contributed by atoms with van der Waals surface area (Å²) >= 11 is 0. The molecule has 62 heavy (non-hydrogen) atoms. The highest BCUT2D eigenvalue weighted by Crippen LogP contribution is 2.52. The Hall–Kier alpha value is -5.24. The fourth-order valence-corrected chi connectivity index (χ4v) is 9.31. The maximum Gasteiger partial charge on any atom is 0.280 e. The van der Waals surface area contributed by atoms with E-state index in [9.17, 15) is 14.9 Å². The maximum atomic E-state index is 13.4. The topological polar surface area (TPSA) is 184 Å². The Morgan fingerprint density at radius 1 is 0.919 bits per heavy atom. The Balaban J connectivity index is 1.49. The number of aromatic nitrogens is 4. The smallest absolute Gasteiger partial charge is 0.280 e. The number of rotatable bonds is 20. The number of fused-ring (bicyclic) bond motifs is 1. The van der Waals surface area contributed by atoms with Crippen LogP contribution in [0.3, 0.4) is 0 Å². The molecule has 1 aliphatic rings. The van der Waals surface area contributed by atoms with Crippen LogP contribution in [0.5, 0.6) is 11.5 Å². The zero-order chi connectivity index (χ0) is 44.6. The fourth-order valence-electron chi connectivity index (χ4n) is 7.58. The molecular weight excluding hydrogens is 814 g/mol. The van der Waals surface area contributed by atoms with Gasteiger partial charge in [0.15, 0.2) is 17.4 Å². The Bertz CT molecular complexity index is 2280. The van der Waals surface area contributed by atoms with Crippen LogP contribution < -0.4 is 20.3 Å². The lowest BCUT2D eigenvalue weighted by molar-refractivity contribution is -0.118. The van der Waals surface area contributed by atoms with Gasteiger partial charge in [-0.2, -0.15) is 10.2 Å². The molecule has 2 aromatic heterocycles. The van der Waals surface area contributed by atoms with E-state index in [4.69, 9.17) is 32.7 Å². The molecule has 0 bridgehead atoms. The second kappa shape index (κ2) is 20.8. The summed E-state index contributed by atoms with van der Waals surface area (Å²) < 4.78 is 48.9. The average Bonchev–Trinajstić information content (AvgIpc) is 3.85. The second-order valence-corrected chi connectivity index (χ2v) is 17.0. The van der Waals surface area contributed by atoms with Crippen LogP contribution in [0.15, 0.2) is 90.0 Å². The van der Waals surface area contributed by atoms with Crippen molar-refractivity contribution in [2.24, 2.45) is 5.92 Å². The molecule has 330 valence electrons. The highest BCUT2D eigenvalue weighted by atomic mass is 31.2. The van der Waals surface area contributed by atoms with Gasteiger partial charge in [0.05, 0.1) is 46.3 Å². The van der Waals surface area contributed by atoms with Gasteiger partial charge < -0.3 is 32.7 Å². The molecule has 5 atom stereocenters. The lowest BCUT2D eigenvalue weighted by Crippen LogP contribution is -2.42. The van der Waals surface area contributed by atoms with Crippen LogP contribution in [0.2, 0.25) is 0 Å². The lowest BCUT2D eigenvalue weighted by atomic mass is 9.80. The first-order chi connectivity index (χ1) is 29.9. The van der Waals surface area contributed by atoms with Gasteiger partial charge in [-0.15, -0.1) is 0 Å². The van der Waals surface area contributed by atoms with Gasteiger partial charge in [-0.1, -0.05) is 68.4 Å². The number of ether oxygens (including phenoxy) is 5. The Kier molecular flexibility index (Phi) is 15.5. The predicted octanol–water partition coefficient (Wildman–Crippen LogP) is 7.31. The third-order valence-corrected chi connectivity index (χ3v) is 12.7. The van der Waals surface area contributed by atoms with Gasteiger partial charge in [0.1, 0.15) is 35.4 Å². The number of methoxy groups -OCH3 is 3. The molecule has 1 fully saturated rings. The van der Waals surface area contributed by atoms with Crippen molar-refractivity contribution in [3.05, 3.63) is 112 Å². The first kappa shape index (κ1) is 46.3. The predicted molar refractivity (Wildman–Crippen MR) is 235 cm³/mol. The molecule has 3 heterocycles. The summed E-state index contributed by atoms with van der Waals surface area (Å²) in [6.07, 6.45) is -1.87. The fraction of sp³-hybridized carbons (Fsp3) is 0.444. The van der Waals surface area contributed by atoms with E-state index in [0.29, 0.717) is 11.5 Å². The van der Waals surface area contributed by atoms with E-state index in [-0.39, 0.29) is 60.7 Å². The van der Waals surface area contributed by atoms with Crippen LogP contribution in [0.4, 0.5) is 5.95 Å². The van der Waals surface area contributed by atoms with Crippen LogP contribution >= 0.6 is 8.53 Å². The Morgan fingerprint density at radius 2 is 1.52 bits per heavy atom. The number of carbonyl (C=O) groups is 1. The largest absolute Gasteiger partial charge is 0.497 e. The van der Waals surface area contributed by atoms with Crippen LogP contribution in [0.25, 0.3) is 11.2 Å². The summed E-state index contributed by atoms with van der Waals surface area (Å²) in [6, 6.07) is 27.5. The van der Waals surface area contributed by atoms with Crippen LogP contribution in [0, 0.1) is 17.2 Å². The van der Waals surface area contributed by atoms with Crippen LogP contribution in [-0.2, 0) is 33.7 Å². The Labute approximate surface area is 363 Å². The molecule has 1 saturated heterocycles. The van der Waals surface area contributed by atoms with Crippen molar-refractivity contribution in [2.45, 2.75) is 90.2 Å². The van der Waals surface area contributed by atoms with Gasteiger partial charge in [0, 0.05) is 25.1 Å². The van der Waals surface area contributed by atoms with Crippen molar-refractivity contribution in [2.75, 3.05) is 39.9 Å². The van der Waals surface area contributed by atoms with E-state index in [1.807, 2.05) is 107 Å². The summed E-state index contributed by atoms with van der Waals surface area (Å²) in [4.78, 5) is 37.8. The molecule has 0 aliphatic carbocycles. The van der Waals surface area contributed by atoms with E-state index in [1.54, 1.807) is 39.7 Å². The monoisotopic (exact) mass is 869 g/mol. The van der Waals surface area contributed by atoms with Gasteiger partial charge in [0.2, 0.25) is 11.9 Å². The Morgan fingerprint density at radius 3 is 2.05 bits per heavy atom. The van der Waals surface area contributed by atoms with E-state index in [0.717, 1.165) is 16.7 Å². The number of nitriles is 1. The zero-order valence-corrected chi connectivity index (χ0v) is 37.5. The van der Waals surface area contributed by atoms with Crippen LogP contribution in [0.1, 0.15) is 70.9 Å². The molecule has 1 amide bonds. The summed E-state index contributed by atoms with van der Waals surface area (Å²) in [5.41, 5.74) is 0.947. The number of carbonyl (C=O) groups excluding carboxylic acids is 1. The summed E-state index contributed by atoms with van der Waals surface area (Å²) in [5, 5.41) is 12.1. The molecule has 6 rings (SSSR count). The quantitative estimate of drug-likeness (QED) is 0.0451. The second-order valence-electron chi connectivity index (χ2n) is 15.6. The minimum atomic E-state index is -1.83. The van der Waals surface area contributed by atoms with E-state index < -0.39 is 44.2 Å². The van der Waals surface area contributed by atoms with Gasteiger partial charge in [0.25, 0.3) is 14.1 Å². The standard InChI is InChI=1S/C45H56N7O9P/c1-28(2)41(53)49-44-48-40-37(42(54)50-44)47-27-51(40)43-39(61-62(59-25-13-24-46)52(29(3)4)30(5)6)38(57-9)36(60-43)26-58-45(31-14-11-10-12-15-31,32-16-20-34(55-7)21-17-32)33-18-22-35(56-8)23-19-33/h10-12,14-23,27-30,36,38-39,43H,13,25-26H2,1-9H3,(H2,48,49,50,53,54)/t36-,38-,39-,43-,62?/m1/s1. The number of anilines is 1. The molecule has 0 saturated carbocycles. The number of imidazole rings is 1. The van der Waals surface area contributed by atoms with Gasteiger partial charge in [-0.3, -0.25) is 24.5 Å². The van der Waals surface area contributed by atoms with Crippen molar-refractivity contribution in [3.63, 3.8) is 0 Å². The summed E-state index contributed by atoms with van der Waals surface area (Å²) in [7, 11) is 2.99. The molecule has 2 N–H and O–H groups in total. The number of aromatic amines is 1. The molecule has 0 spiro atoms. The zero-order valence-electron chi connectivity index (χ0n) is 36.6. The molecule has 3 aromatic carbocycles. The molecule has 0 radical (unpaired) electrons. The number of hydrogen-bond acceptors (Lipinski definition) is 13. The summed E-state index contributed by atoms with van der Waals surface area (Å²) in [6.45, 7) is 11.8. The highest BCUT2D eigenvalue weighted by molar-refractivity contribution is 7.44. The van der Waals surface area contributed by atoms with Crippen molar-refractivity contribution in [3.8, 4) is 17.6 Å². The molecule has 16 nitrogen and oxygen atoms in total. The number of benzene rings is 3. The molecule has 5 aromatic rings. The van der Waals surface area contributed by atoms with Crippen molar-refractivity contribution < 1.29 is 37.5 Å².